The molecule has 0 aromatic heterocycles. The number of hydrogen-bond acceptors (Lipinski definition) is 1. The maximum absolute atomic E-state index is 6.02. The zero-order valence-corrected chi connectivity index (χ0v) is 9.92. The normalized spacial score (nSPS) is 28.2. The monoisotopic (exact) mass is 241 g/mol. The van der Waals surface area contributed by atoms with Gasteiger partial charge in [-0.15, -0.1) is 0 Å². The molecule has 5 heteroatoms. The Morgan fingerprint density at radius 1 is 1.31 bits per heavy atom. The lowest BCUT2D eigenvalue weighted by Crippen LogP contribution is -2.43. The molecule has 0 aliphatic carbocycles. The molecular weight excluding hydrogens is 230 g/mol. The van der Waals surface area contributed by atoms with Gasteiger partial charge >= 0.3 is 5.29 Å². The molecule has 0 bridgehead atoms. The van der Waals surface area contributed by atoms with Gasteiger partial charge in [0.2, 0.25) is 10.3 Å². The maximum Gasteiger partial charge on any atom is 0.307 e. The van der Waals surface area contributed by atoms with Crippen molar-refractivity contribution in [3.63, 3.8) is 0 Å². The Bertz CT molecular complexity index is 273. The van der Waals surface area contributed by atoms with Crippen molar-refractivity contribution in [1.82, 2.24) is 0 Å². The molecule has 0 fully saturated rings. The predicted octanol–water partition coefficient (Wildman–Crippen LogP) is 3.45. The fourth-order valence-electron chi connectivity index (χ4n) is 1.19. The molecule has 0 saturated heterocycles. The minimum absolute atomic E-state index is 0.310. The average Bonchev–Trinajstić information content (AvgIpc) is 2.28. The van der Waals surface area contributed by atoms with Gasteiger partial charge in [0.15, 0.2) is 0 Å². The highest BCUT2D eigenvalue weighted by atomic mass is 35.5. The summed E-state index contributed by atoms with van der Waals surface area (Å²) < 4.78 is 0.343. The van der Waals surface area contributed by atoms with E-state index in [2.05, 4.69) is 11.9 Å². The van der Waals surface area contributed by atoms with Gasteiger partial charge in [0.25, 0.3) is 0 Å². The molecule has 74 valence electrons. The third-order valence-electron chi connectivity index (χ3n) is 2.16. The lowest BCUT2D eigenvalue weighted by atomic mass is 10.3. The van der Waals surface area contributed by atoms with Crippen LogP contribution >= 0.6 is 34.8 Å². The van der Waals surface area contributed by atoms with Gasteiger partial charge in [0, 0.05) is 11.6 Å². The van der Waals surface area contributed by atoms with Crippen molar-refractivity contribution in [2.75, 3.05) is 13.6 Å². The van der Waals surface area contributed by atoms with Crippen LogP contribution in [0.3, 0.4) is 0 Å². The molecule has 2 nitrogen and oxygen atoms in total. The fourth-order valence-corrected chi connectivity index (χ4v) is 2.00. The molecule has 0 N–H and O–H groups in total. The van der Waals surface area contributed by atoms with Crippen molar-refractivity contribution in [3.05, 3.63) is 10.3 Å². The number of nitrogens with zero attached hydrogens (tertiary/aromatic N) is 2. The summed E-state index contributed by atoms with van der Waals surface area (Å²) in [6.07, 6.45) is 2.14. The summed E-state index contributed by atoms with van der Waals surface area (Å²) in [4.78, 5) is 3.94. The van der Waals surface area contributed by atoms with Crippen molar-refractivity contribution < 1.29 is 4.48 Å². The Balaban J connectivity index is 2.84. The molecule has 13 heavy (non-hydrogen) atoms. The standard InChI is InChI=1S/C8H12Cl3N2/c1-3-4-5-13(2)7(10)6(9)12-8(13)11/h3-5H2,1-2H3/q+1. The van der Waals surface area contributed by atoms with Gasteiger partial charge in [-0.3, -0.25) is 0 Å². The minimum Gasteiger partial charge on any atom is -0.222 e. The van der Waals surface area contributed by atoms with E-state index in [1.165, 1.54) is 0 Å². The molecule has 1 heterocycles. The molecule has 0 radical (unpaired) electrons. The van der Waals surface area contributed by atoms with Crippen LogP contribution < -0.4 is 0 Å². The maximum atomic E-state index is 6.02. The van der Waals surface area contributed by atoms with Crippen LogP contribution in [0.4, 0.5) is 0 Å². The van der Waals surface area contributed by atoms with Gasteiger partial charge in [0.05, 0.1) is 13.6 Å². The van der Waals surface area contributed by atoms with Gasteiger partial charge < -0.3 is 0 Å². The quantitative estimate of drug-likeness (QED) is 0.531. The molecule has 0 aromatic rings. The van der Waals surface area contributed by atoms with E-state index in [4.69, 9.17) is 34.8 Å². The van der Waals surface area contributed by atoms with Crippen LogP contribution in [0, 0.1) is 0 Å². The predicted molar refractivity (Wildman–Crippen MR) is 58.0 cm³/mol. The van der Waals surface area contributed by atoms with E-state index in [1.54, 1.807) is 0 Å². The van der Waals surface area contributed by atoms with Gasteiger partial charge in [-0.1, -0.05) is 24.9 Å². The topological polar surface area (TPSA) is 12.4 Å². The molecule has 1 aliphatic heterocycles. The van der Waals surface area contributed by atoms with E-state index in [0.717, 1.165) is 19.4 Å². The Morgan fingerprint density at radius 3 is 2.31 bits per heavy atom. The number of hydrogen-bond donors (Lipinski definition) is 0. The second-order valence-electron chi connectivity index (χ2n) is 3.23. The van der Waals surface area contributed by atoms with E-state index in [-0.39, 0.29) is 0 Å². The molecule has 1 atom stereocenters. The van der Waals surface area contributed by atoms with Gasteiger partial charge in [-0.2, -0.15) is 4.99 Å². The Kier molecular flexibility index (Phi) is 3.64. The Labute approximate surface area is 93.4 Å². The van der Waals surface area contributed by atoms with Crippen LogP contribution in [0.5, 0.6) is 0 Å². The van der Waals surface area contributed by atoms with E-state index < -0.39 is 0 Å². The number of unbranched alkanes of at least 4 members (excludes halogenated alkanes) is 1. The molecule has 0 amide bonds. The number of amidine groups is 1. The van der Waals surface area contributed by atoms with Crippen molar-refractivity contribution in [1.29, 1.82) is 0 Å². The Morgan fingerprint density at radius 2 is 1.92 bits per heavy atom. The molecule has 0 spiro atoms. The van der Waals surface area contributed by atoms with Gasteiger partial charge in [-0.05, 0) is 18.0 Å². The SMILES string of the molecule is CCCC[N+]1(C)C(Cl)=NC(Cl)=C1Cl. The smallest absolute Gasteiger partial charge is 0.222 e. The summed E-state index contributed by atoms with van der Waals surface area (Å²) in [5.41, 5.74) is 0. The second-order valence-corrected chi connectivity index (χ2v) is 4.29. The summed E-state index contributed by atoms with van der Waals surface area (Å²) in [6.45, 7) is 2.96. The zero-order valence-electron chi connectivity index (χ0n) is 7.65. The molecule has 0 aromatic carbocycles. The first-order valence-electron chi connectivity index (χ1n) is 4.18. The number of quaternary nitrogens is 1. The van der Waals surface area contributed by atoms with Crippen LogP contribution in [0.1, 0.15) is 19.8 Å². The van der Waals surface area contributed by atoms with Crippen LogP contribution in [-0.2, 0) is 0 Å². The van der Waals surface area contributed by atoms with Crippen molar-refractivity contribution in [2.24, 2.45) is 4.99 Å². The lowest BCUT2D eigenvalue weighted by molar-refractivity contribution is -0.767. The van der Waals surface area contributed by atoms with E-state index >= 15 is 0 Å². The summed E-state index contributed by atoms with van der Waals surface area (Å²) in [6, 6.07) is 0. The van der Waals surface area contributed by atoms with Crippen LogP contribution in [0.25, 0.3) is 0 Å². The highest BCUT2D eigenvalue weighted by Crippen LogP contribution is 2.34. The molecule has 1 rings (SSSR count). The minimum atomic E-state index is 0.310. The Hall–Kier alpha value is 0.240. The van der Waals surface area contributed by atoms with Crippen LogP contribution in [-0.4, -0.2) is 23.4 Å². The third kappa shape index (κ3) is 2.01. The average molecular weight is 243 g/mol. The largest absolute Gasteiger partial charge is 0.307 e. The van der Waals surface area contributed by atoms with Crippen LogP contribution in [0.2, 0.25) is 0 Å². The molecular formula is C8H12Cl3N2+. The summed E-state index contributed by atoms with van der Waals surface area (Å²) in [5.74, 6) is 0. The first-order chi connectivity index (χ1) is 6.02. The zero-order chi connectivity index (χ0) is 10.1. The van der Waals surface area contributed by atoms with Crippen LogP contribution in [0.15, 0.2) is 15.3 Å². The second kappa shape index (κ2) is 4.18. The highest BCUT2D eigenvalue weighted by Gasteiger charge is 2.39. The number of halogens is 3. The van der Waals surface area contributed by atoms with E-state index in [1.807, 2.05) is 7.05 Å². The number of aliphatic imine (C=N–C) groups is 1. The van der Waals surface area contributed by atoms with Crippen molar-refractivity contribution in [3.8, 4) is 0 Å². The van der Waals surface area contributed by atoms with Gasteiger partial charge in [0.1, 0.15) is 0 Å². The van der Waals surface area contributed by atoms with Crippen molar-refractivity contribution in [2.45, 2.75) is 19.8 Å². The van der Waals surface area contributed by atoms with E-state index in [9.17, 15) is 0 Å². The summed E-state index contributed by atoms with van der Waals surface area (Å²) in [7, 11) is 1.92. The van der Waals surface area contributed by atoms with E-state index in [0.29, 0.717) is 20.1 Å². The highest BCUT2D eigenvalue weighted by molar-refractivity contribution is 6.64. The van der Waals surface area contributed by atoms with Crippen molar-refractivity contribution >= 4 is 40.1 Å². The summed E-state index contributed by atoms with van der Waals surface area (Å²) >= 11 is 17.8. The third-order valence-corrected chi connectivity index (χ3v) is 3.53. The number of rotatable bonds is 3. The molecule has 1 aliphatic rings. The molecule has 0 saturated carbocycles. The lowest BCUT2D eigenvalue weighted by Gasteiger charge is -2.26. The van der Waals surface area contributed by atoms with Gasteiger partial charge in [-0.25, -0.2) is 4.48 Å². The fraction of sp³-hybridized carbons (Fsp3) is 0.625. The summed E-state index contributed by atoms with van der Waals surface area (Å²) in [5, 5.41) is 1.27. The first-order valence-corrected chi connectivity index (χ1v) is 5.32. The molecule has 1 unspecified atom stereocenters. The first kappa shape index (κ1) is 11.3.